The van der Waals surface area contributed by atoms with E-state index < -0.39 is 33.7 Å². The predicted molar refractivity (Wildman–Crippen MR) is 62.0 cm³/mol. The molecule has 0 aromatic heterocycles. The standard InChI is InChI=1S/C4H11NO3.C3H11BO2Si/c5-4(1-6,2-7)3-8;1-7(2,3)6-4-5/h6-8H,1-3,5H2;4-5H,1-3H3. The van der Waals surface area contributed by atoms with Gasteiger partial charge in [-0.2, -0.15) is 0 Å². The first-order valence-electron chi connectivity index (χ1n) is 4.61. The molecule has 0 spiro atoms. The molecule has 0 aromatic rings. The Morgan fingerprint density at radius 1 is 1.13 bits per heavy atom. The van der Waals surface area contributed by atoms with E-state index in [0.717, 1.165) is 0 Å². The molecular formula is C7H22BNO5Si. The van der Waals surface area contributed by atoms with Gasteiger partial charge in [0, 0.05) is 0 Å². The topological polar surface area (TPSA) is 116 Å². The molecule has 15 heavy (non-hydrogen) atoms. The fraction of sp³-hybridized carbons (Fsp3) is 1.00. The lowest BCUT2D eigenvalue weighted by atomic mass is 10.1. The van der Waals surface area contributed by atoms with Crippen LogP contribution in [-0.4, -0.2) is 61.7 Å². The molecule has 0 atom stereocenters. The lowest BCUT2D eigenvalue weighted by molar-refractivity contribution is 0.0698. The van der Waals surface area contributed by atoms with Gasteiger partial charge in [0.15, 0.2) is 8.32 Å². The molecule has 0 bridgehead atoms. The predicted octanol–water partition coefficient (Wildman–Crippen LogP) is -2.24. The third-order valence-corrected chi connectivity index (χ3v) is 2.44. The number of aliphatic hydroxyl groups excluding tert-OH is 3. The lowest BCUT2D eigenvalue weighted by Gasteiger charge is -2.20. The van der Waals surface area contributed by atoms with Crippen molar-refractivity contribution in [1.82, 2.24) is 0 Å². The molecule has 0 aliphatic rings. The van der Waals surface area contributed by atoms with Crippen molar-refractivity contribution in [3.05, 3.63) is 0 Å². The van der Waals surface area contributed by atoms with Crippen LogP contribution in [0.3, 0.4) is 0 Å². The Morgan fingerprint density at radius 2 is 1.47 bits per heavy atom. The highest BCUT2D eigenvalue weighted by Gasteiger charge is 2.20. The van der Waals surface area contributed by atoms with Crippen molar-refractivity contribution in [3.8, 4) is 0 Å². The zero-order valence-electron chi connectivity index (χ0n) is 9.60. The summed E-state index contributed by atoms with van der Waals surface area (Å²) in [5.74, 6) is 0. The molecule has 8 heteroatoms. The smallest absolute Gasteiger partial charge is 0.424 e. The summed E-state index contributed by atoms with van der Waals surface area (Å²) in [5, 5.41) is 33.2. The highest BCUT2D eigenvalue weighted by molar-refractivity contribution is 6.73. The van der Waals surface area contributed by atoms with Gasteiger partial charge in [-0.25, -0.2) is 0 Å². The largest absolute Gasteiger partial charge is 0.456 e. The van der Waals surface area contributed by atoms with Gasteiger partial charge in [0.1, 0.15) is 0 Å². The van der Waals surface area contributed by atoms with Crippen LogP contribution < -0.4 is 5.73 Å². The van der Waals surface area contributed by atoms with Crippen molar-refractivity contribution < 1.29 is 24.7 Å². The van der Waals surface area contributed by atoms with Gasteiger partial charge < -0.3 is 30.4 Å². The maximum absolute atomic E-state index is 8.34. The van der Waals surface area contributed by atoms with Gasteiger partial charge in [-0.1, -0.05) is 0 Å². The van der Waals surface area contributed by atoms with Crippen molar-refractivity contribution in [2.45, 2.75) is 25.2 Å². The first kappa shape index (κ1) is 17.4. The Balaban J connectivity index is 0. The summed E-state index contributed by atoms with van der Waals surface area (Å²) in [6, 6.07) is 0. The zero-order chi connectivity index (χ0) is 12.5. The van der Waals surface area contributed by atoms with Gasteiger partial charge in [0.25, 0.3) is 0 Å². The average Bonchev–Trinajstić information content (AvgIpc) is 2.16. The van der Waals surface area contributed by atoms with E-state index in [1.54, 1.807) is 0 Å². The maximum Gasteiger partial charge on any atom is 0.424 e. The Labute approximate surface area is 92.1 Å². The molecule has 92 valence electrons. The summed E-state index contributed by atoms with van der Waals surface area (Å²) in [4.78, 5) is 0. The van der Waals surface area contributed by atoms with Crippen LogP contribution in [0.15, 0.2) is 0 Å². The number of aliphatic hydroxyl groups is 3. The highest BCUT2D eigenvalue weighted by atomic mass is 28.4. The molecule has 0 unspecified atom stereocenters. The van der Waals surface area contributed by atoms with Gasteiger partial charge in [0.2, 0.25) is 0 Å². The molecule has 0 amide bonds. The summed E-state index contributed by atoms with van der Waals surface area (Å²) in [6.45, 7) is 4.88. The number of hydrogen-bond donors (Lipinski definition) is 5. The highest BCUT2D eigenvalue weighted by Crippen LogP contribution is 1.98. The minimum atomic E-state index is -1.41. The third-order valence-electron chi connectivity index (χ3n) is 1.44. The van der Waals surface area contributed by atoms with Crippen LogP contribution in [0.5, 0.6) is 0 Å². The molecule has 6 N–H and O–H groups in total. The quantitative estimate of drug-likeness (QED) is 0.346. The van der Waals surface area contributed by atoms with Crippen LogP contribution in [0, 0.1) is 0 Å². The van der Waals surface area contributed by atoms with Crippen LogP contribution in [0.25, 0.3) is 0 Å². The molecule has 0 radical (unpaired) electrons. The molecule has 6 nitrogen and oxygen atoms in total. The molecule has 0 rings (SSSR count). The molecule has 0 saturated heterocycles. The summed E-state index contributed by atoms with van der Waals surface area (Å²) in [5.41, 5.74) is 3.94. The van der Waals surface area contributed by atoms with Gasteiger partial charge in [-0.05, 0) is 19.6 Å². The van der Waals surface area contributed by atoms with Crippen LogP contribution in [0.4, 0.5) is 0 Å². The van der Waals surface area contributed by atoms with Crippen LogP contribution >= 0.6 is 0 Å². The van der Waals surface area contributed by atoms with Gasteiger partial charge >= 0.3 is 7.69 Å². The average molecular weight is 239 g/mol. The van der Waals surface area contributed by atoms with Gasteiger partial charge in [-0.3, -0.25) is 0 Å². The van der Waals surface area contributed by atoms with E-state index in [-0.39, 0.29) is 7.69 Å². The lowest BCUT2D eigenvalue weighted by Crippen LogP contribution is -2.50. The van der Waals surface area contributed by atoms with Gasteiger partial charge in [-0.15, -0.1) is 0 Å². The van der Waals surface area contributed by atoms with Crippen LogP contribution in [-0.2, 0) is 4.34 Å². The molecule has 0 aliphatic heterocycles. The fourth-order valence-electron chi connectivity index (χ4n) is 0.344. The molecular weight excluding hydrogens is 217 g/mol. The molecule has 0 heterocycles. The SMILES string of the molecule is C[Si](C)(C)OBO.NC(CO)(CO)CO. The summed E-state index contributed by atoms with van der Waals surface area (Å²) in [7, 11) is -1.54. The summed E-state index contributed by atoms with van der Waals surface area (Å²) < 4.78 is 4.92. The van der Waals surface area contributed by atoms with Crippen molar-refractivity contribution in [2.75, 3.05) is 19.8 Å². The van der Waals surface area contributed by atoms with E-state index in [4.69, 9.17) is 30.4 Å². The third kappa shape index (κ3) is 12.0. The van der Waals surface area contributed by atoms with Crippen LogP contribution in [0.2, 0.25) is 19.6 Å². The van der Waals surface area contributed by atoms with Crippen molar-refractivity contribution in [3.63, 3.8) is 0 Å². The van der Waals surface area contributed by atoms with Gasteiger partial charge in [0.05, 0.1) is 25.4 Å². The maximum atomic E-state index is 8.34. The van der Waals surface area contributed by atoms with Crippen molar-refractivity contribution in [1.29, 1.82) is 0 Å². The first-order chi connectivity index (χ1) is 6.74. The van der Waals surface area contributed by atoms with Crippen molar-refractivity contribution in [2.24, 2.45) is 5.73 Å². The molecule has 0 fully saturated rings. The van der Waals surface area contributed by atoms with Crippen molar-refractivity contribution >= 4 is 16.0 Å². The number of hydrogen-bond acceptors (Lipinski definition) is 6. The summed E-state index contributed by atoms with van der Waals surface area (Å²) >= 11 is 0. The molecule has 0 aromatic carbocycles. The molecule has 0 saturated carbocycles. The zero-order valence-corrected chi connectivity index (χ0v) is 10.6. The Kier molecular flexibility index (Phi) is 9.56. The monoisotopic (exact) mass is 239 g/mol. The minimum absolute atomic E-state index is 0.129. The summed E-state index contributed by atoms with van der Waals surface area (Å²) in [6.07, 6.45) is 0. The molecule has 0 aliphatic carbocycles. The van der Waals surface area contributed by atoms with Crippen LogP contribution in [0.1, 0.15) is 0 Å². The number of nitrogens with two attached hydrogens (primary N) is 1. The first-order valence-corrected chi connectivity index (χ1v) is 8.02. The van der Waals surface area contributed by atoms with E-state index in [2.05, 4.69) is 0 Å². The Morgan fingerprint density at radius 3 is 1.47 bits per heavy atom. The second-order valence-electron chi connectivity index (χ2n) is 4.22. The Hall–Kier alpha value is 0.0418. The van der Waals surface area contributed by atoms with E-state index >= 15 is 0 Å². The van der Waals surface area contributed by atoms with E-state index in [1.807, 2.05) is 19.6 Å². The second-order valence-corrected chi connectivity index (χ2v) is 8.74. The van der Waals surface area contributed by atoms with E-state index in [1.165, 1.54) is 0 Å². The van der Waals surface area contributed by atoms with E-state index in [0.29, 0.717) is 0 Å². The Bertz CT molecular complexity index is 143. The second kappa shape index (κ2) is 8.22. The van der Waals surface area contributed by atoms with E-state index in [9.17, 15) is 0 Å². The minimum Gasteiger partial charge on any atom is -0.456 e. The normalized spacial score (nSPS) is 11.7. The number of rotatable bonds is 5. The fourth-order valence-corrected chi connectivity index (χ4v) is 0.731.